The van der Waals surface area contributed by atoms with E-state index in [1.807, 2.05) is 0 Å². The Morgan fingerprint density at radius 3 is 2.80 bits per heavy atom. The lowest BCUT2D eigenvalue weighted by atomic mass is 10.2. The van der Waals surface area contributed by atoms with Gasteiger partial charge in [-0.3, -0.25) is 4.79 Å². The molecule has 1 amide bonds. The van der Waals surface area contributed by atoms with E-state index in [1.165, 1.54) is 0 Å². The molecule has 1 N–H and O–H groups in total. The second kappa shape index (κ2) is 5.36. The number of methoxy groups -OCH3 is 1. The first-order chi connectivity index (χ1) is 7.13. The summed E-state index contributed by atoms with van der Waals surface area (Å²) in [7, 11) is 1.15. The Morgan fingerprint density at radius 1 is 1.47 bits per heavy atom. The fourth-order valence-corrected chi connectivity index (χ4v) is 1.21. The van der Waals surface area contributed by atoms with Crippen molar-refractivity contribution in [3.05, 3.63) is 34.9 Å². The number of hydrogen-bond donors (Lipinski definition) is 1. The molecule has 0 unspecified atom stereocenters. The molecule has 0 bridgehead atoms. The van der Waals surface area contributed by atoms with Gasteiger partial charge in [-0.1, -0.05) is 23.7 Å². The fraction of sp³-hybridized carbons (Fsp3) is 0.200. The van der Waals surface area contributed by atoms with Crippen molar-refractivity contribution >= 4 is 23.5 Å². The number of esters is 1. The molecule has 15 heavy (non-hydrogen) atoms. The predicted molar refractivity (Wildman–Crippen MR) is 55.3 cm³/mol. The zero-order valence-electron chi connectivity index (χ0n) is 8.12. The second-order valence-electron chi connectivity index (χ2n) is 2.80. The lowest BCUT2D eigenvalue weighted by molar-refractivity contribution is -0.152. The van der Waals surface area contributed by atoms with E-state index in [4.69, 9.17) is 11.6 Å². The molecule has 0 spiro atoms. The summed E-state index contributed by atoms with van der Waals surface area (Å²) in [6.07, 6.45) is 0. The number of benzene rings is 1. The van der Waals surface area contributed by atoms with Gasteiger partial charge in [0.25, 0.3) is 0 Å². The number of rotatable bonds is 2. The van der Waals surface area contributed by atoms with Crippen LogP contribution in [-0.4, -0.2) is 19.0 Å². The molecule has 1 rings (SSSR count). The Balaban J connectivity index is 2.50. The van der Waals surface area contributed by atoms with Crippen LogP contribution in [0.1, 0.15) is 5.56 Å². The molecule has 0 atom stereocenters. The van der Waals surface area contributed by atoms with E-state index < -0.39 is 11.9 Å². The van der Waals surface area contributed by atoms with Gasteiger partial charge in [0.1, 0.15) is 0 Å². The SMILES string of the molecule is COC(=O)C(=O)NCc1cccc(Cl)c1. The van der Waals surface area contributed by atoms with Crippen molar-refractivity contribution < 1.29 is 14.3 Å². The van der Waals surface area contributed by atoms with Crippen molar-refractivity contribution in [2.24, 2.45) is 0 Å². The molecule has 0 aliphatic rings. The highest BCUT2D eigenvalue weighted by Crippen LogP contribution is 2.10. The van der Waals surface area contributed by atoms with E-state index in [0.29, 0.717) is 5.02 Å². The number of amides is 1. The van der Waals surface area contributed by atoms with E-state index in [-0.39, 0.29) is 6.54 Å². The van der Waals surface area contributed by atoms with Crippen LogP contribution in [0, 0.1) is 0 Å². The zero-order chi connectivity index (χ0) is 11.3. The van der Waals surface area contributed by atoms with Crippen molar-refractivity contribution in [2.45, 2.75) is 6.54 Å². The Morgan fingerprint density at radius 2 is 2.20 bits per heavy atom. The molecule has 1 aromatic rings. The number of carbonyl (C=O) groups is 2. The molecule has 0 radical (unpaired) electrons. The third-order valence-corrected chi connectivity index (χ3v) is 1.95. The molecule has 0 saturated heterocycles. The molecule has 0 fully saturated rings. The molecule has 0 aromatic heterocycles. The van der Waals surface area contributed by atoms with E-state index in [0.717, 1.165) is 12.7 Å². The van der Waals surface area contributed by atoms with Gasteiger partial charge in [-0.15, -0.1) is 0 Å². The summed E-state index contributed by atoms with van der Waals surface area (Å²) in [4.78, 5) is 21.8. The molecular weight excluding hydrogens is 218 g/mol. The van der Waals surface area contributed by atoms with Gasteiger partial charge in [0.05, 0.1) is 7.11 Å². The quantitative estimate of drug-likeness (QED) is 0.609. The number of nitrogens with one attached hydrogen (secondary N) is 1. The van der Waals surface area contributed by atoms with E-state index in [1.54, 1.807) is 24.3 Å². The van der Waals surface area contributed by atoms with Crippen LogP contribution < -0.4 is 5.32 Å². The van der Waals surface area contributed by atoms with Gasteiger partial charge >= 0.3 is 11.9 Å². The maximum absolute atomic E-state index is 11.0. The molecule has 0 aliphatic heterocycles. The Labute approximate surface area is 92.2 Å². The third kappa shape index (κ3) is 3.59. The number of hydrogen-bond acceptors (Lipinski definition) is 3. The summed E-state index contributed by atoms with van der Waals surface area (Å²) in [6.45, 7) is 0.245. The molecule has 5 heteroatoms. The Bertz CT molecular complexity index is 379. The van der Waals surface area contributed by atoms with Gasteiger partial charge in [0.2, 0.25) is 0 Å². The van der Waals surface area contributed by atoms with Crippen molar-refractivity contribution in [1.29, 1.82) is 0 Å². The van der Waals surface area contributed by atoms with Crippen LogP contribution in [0.5, 0.6) is 0 Å². The minimum Gasteiger partial charge on any atom is -0.462 e. The highest BCUT2D eigenvalue weighted by Gasteiger charge is 2.12. The molecule has 1 aromatic carbocycles. The van der Waals surface area contributed by atoms with Crippen LogP contribution in [0.15, 0.2) is 24.3 Å². The van der Waals surface area contributed by atoms with Crippen molar-refractivity contribution in [2.75, 3.05) is 7.11 Å². The number of carbonyl (C=O) groups excluding carboxylic acids is 2. The Kier molecular flexibility index (Phi) is 4.12. The summed E-state index contributed by atoms with van der Waals surface area (Å²) in [6, 6.07) is 7.00. The van der Waals surface area contributed by atoms with E-state index >= 15 is 0 Å². The predicted octanol–water partition coefficient (Wildman–Crippen LogP) is 1.13. The molecule has 0 saturated carbocycles. The average molecular weight is 228 g/mol. The molecular formula is C10H10ClNO3. The zero-order valence-corrected chi connectivity index (χ0v) is 8.88. The Hall–Kier alpha value is -1.55. The maximum Gasteiger partial charge on any atom is 0.396 e. The minimum absolute atomic E-state index is 0.245. The molecule has 0 heterocycles. The minimum atomic E-state index is -0.906. The van der Waals surface area contributed by atoms with Crippen molar-refractivity contribution in [1.82, 2.24) is 5.32 Å². The smallest absolute Gasteiger partial charge is 0.396 e. The summed E-state index contributed by atoms with van der Waals surface area (Å²) in [5.41, 5.74) is 0.819. The number of halogens is 1. The van der Waals surface area contributed by atoms with Gasteiger partial charge in [0.15, 0.2) is 0 Å². The van der Waals surface area contributed by atoms with E-state index in [2.05, 4.69) is 10.1 Å². The van der Waals surface area contributed by atoms with Crippen LogP contribution in [0.4, 0.5) is 0 Å². The molecule has 4 nitrogen and oxygen atoms in total. The van der Waals surface area contributed by atoms with Gasteiger partial charge < -0.3 is 10.1 Å². The van der Waals surface area contributed by atoms with Gasteiger partial charge in [-0.2, -0.15) is 0 Å². The average Bonchev–Trinajstić information content (AvgIpc) is 2.25. The first-order valence-corrected chi connectivity index (χ1v) is 4.62. The maximum atomic E-state index is 11.0. The van der Waals surface area contributed by atoms with Crippen LogP contribution in [0.2, 0.25) is 5.02 Å². The van der Waals surface area contributed by atoms with Gasteiger partial charge in [-0.05, 0) is 17.7 Å². The van der Waals surface area contributed by atoms with Gasteiger partial charge in [-0.25, -0.2) is 4.79 Å². The number of ether oxygens (including phenoxy) is 1. The summed E-state index contributed by atoms with van der Waals surface area (Å²) >= 11 is 5.75. The highest BCUT2D eigenvalue weighted by atomic mass is 35.5. The van der Waals surface area contributed by atoms with Gasteiger partial charge in [0, 0.05) is 11.6 Å². The standard InChI is InChI=1S/C10H10ClNO3/c1-15-10(14)9(13)12-6-7-3-2-4-8(11)5-7/h2-5H,6H2,1H3,(H,12,13). The third-order valence-electron chi connectivity index (χ3n) is 1.71. The summed E-state index contributed by atoms with van der Waals surface area (Å²) in [5.74, 6) is -1.67. The van der Waals surface area contributed by atoms with Crippen LogP contribution in [-0.2, 0) is 20.9 Å². The van der Waals surface area contributed by atoms with Crippen molar-refractivity contribution in [3.63, 3.8) is 0 Å². The fourth-order valence-electron chi connectivity index (χ4n) is 0.994. The van der Waals surface area contributed by atoms with E-state index in [9.17, 15) is 9.59 Å². The lowest BCUT2D eigenvalue weighted by Crippen LogP contribution is -2.31. The topological polar surface area (TPSA) is 55.4 Å². The highest BCUT2D eigenvalue weighted by molar-refractivity contribution is 6.32. The largest absolute Gasteiger partial charge is 0.462 e. The van der Waals surface area contributed by atoms with Crippen LogP contribution in [0.25, 0.3) is 0 Å². The summed E-state index contributed by atoms with van der Waals surface area (Å²) in [5, 5.41) is 2.99. The second-order valence-corrected chi connectivity index (χ2v) is 3.24. The monoisotopic (exact) mass is 227 g/mol. The lowest BCUT2D eigenvalue weighted by Gasteiger charge is -2.03. The normalized spacial score (nSPS) is 9.47. The molecule has 0 aliphatic carbocycles. The first-order valence-electron chi connectivity index (χ1n) is 4.24. The first kappa shape index (κ1) is 11.5. The van der Waals surface area contributed by atoms with Crippen molar-refractivity contribution in [3.8, 4) is 0 Å². The van der Waals surface area contributed by atoms with Crippen LogP contribution in [0.3, 0.4) is 0 Å². The van der Waals surface area contributed by atoms with Crippen LogP contribution >= 0.6 is 11.6 Å². The molecule has 80 valence electrons. The summed E-state index contributed by atoms with van der Waals surface area (Å²) < 4.78 is 4.25.